The number of hydrogen-bond donors (Lipinski definition) is 0. The maximum Gasteiger partial charge on any atom is 0.231 e. The van der Waals surface area contributed by atoms with Crippen molar-refractivity contribution in [2.45, 2.75) is 38.2 Å². The SMILES string of the molecule is CCN(CC)c1nc(Cl)nc(N2CC(C)SC(C)C2)n1. The van der Waals surface area contributed by atoms with Gasteiger partial charge in [0.25, 0.3) is 0 Å². The summed E-state index contributed by atoms with van der Waals surface area (Å²) < 4.78 is 0. The van der Waals surface area contributed by atoms with Crippen molar-refractivity contribution in [1.29, 1.82) is 0 Å². The van der Waals surface area contributed by atoms with Crippen LogP contribution in [0.2, 0.25) is 5.28 Å². The first-order chi connectivity index (χ1) is 9.53. The second kappa shape index (κ2) is 6.80. The van der Waals surface area contributed by atoms with Gasteiger partial charge in [0, 0.05) is 36.7 Å². The zero-order valence-corrected chi connectivity index (χ0v) is 14.1. The highest BCUT2D eigenvalue weighted by Gasteiger charge is 2.25. The summed E-state index contributed by atoms with van der Waals surface area (Å²) in [6.45, 7) is 12.3. The van der Waals surface area contributed by atoms with E-state index in [-0.39, 0.29) is 5.28 Å². The van der Waals surface area contributed by atoms with Crippen LogP contribution in [-0.2, 0) is 0 Å². The first-order valence-corrected chi connectivity index (χ1v) is 8.42. The third-order valence-corrected chi connectivity index (χ3v) is 4.73. The molecule has 7 heteroatoms. The molecule has 1 saturated heterocycles. The van der Waals surface area contributed by atoms with E-state index in [0.29, 0.717) is 22.4 Å². The van der Waals surface area contributed by atoms with Crippen molar-refractivity contribution in [2.75, 3.05) is 36.0 Å². The lowest BCUT2D eigenvalue weighted by Gasteiger charge is -2.34. The molecule has 0 spiro atoms. The minimum atomic E-state index is 0.274. The number of anilines is 2. The summed E-state index contributed by atoms with van der Waals surface area (Å²) in [5, 5.41) is 1.42. The first-order valence-electron chi connectivity index (χ1n) is 7.10. The Hall–Kier alpha value is -0.750. The van der Waals surface area contributed by atoms with Crippen molar-refractivity contribution in [3.63, 3.8) is 0 Å². The molecule has 0 bridgehead atoms. The number of halogens is 1. The predicted molar refractivity (Wildman–Crippen MR) is 87.1 cm³/mol. The summed E-state index contributed by atoms with van der Waals surface area (Å²) in [6.07, 6.45) is 0. The maximum atomic E-state index is 6.08. The van der Waals surface area contributed by atoms with Crippen molar-refractivity contribution in [2.24, 2.45) is 0 Å². The van der Waals surface area contributed by atoms with E-state index in [0.717, 1.165) is 26.2 Å². The fourth-order valence-corrected chi connectivity index (χ4v) is 3.94. The second-order valence-electron chi connectivity index (χ2n) is 5.04. The molecule has 0 amide bonds. The fraction of sp³-hybridized carbons (Fsp3) is 0.769. The van der Waals surface area contributed by atoms with Gasteiger partial charge in [-0.3, -0.25) is 0 Å². The van der Waals surface area contributed by atoms with Gasteiger partial charge < -0.3 is 9.80 Å². The summed E-state index contributed by atoms with van der Waals surface area (Å²) >= 11 is 8.09. The van der Waals surface area contributed by atoms with Crippen LogP contribution in [-0.4, -0.2) is 51.6 Å². The maximum absolute atomic E-state index is 6.08. The van der Waals surface area contributed by atoms with E-state index in [2.05, 4.69) is 52.4 Å². The minimum Gasteiger partial charge on any atom is -0.341 e. The Labute approximate surface area is 130 Å². The molecule has 2 heterocycles. The van der Waals surface area contributed by atoms with Gasteiger partial charge in [0.2, 0.25) is 17.2 Å². The van der Waals surface area contributed by atoms with Crippen molar-refractivity contribution >= 4 is 35.3 Å². The molecule has 0 saturated carbocycles. The van der Waals surface area contributed by atoms with Crippen LogP contribution in [0.15, 0.2) is 0 Å². The molecule has 0 aromatic carbocycles. The van der Waals surface area contributed by atoms with E-state index in [1.165, 1.54) is 0 Å². The average Bonchev–Trinajstić information content (AvgIpc) is 2.38. The largest absolute Gasteiger partial charge is 0.341 e. The molecule has 1 aromatic rings. The van der Waals surface area contributed by atoms with Gasteiger partial charge in [0.05, 0.1) is 0 Å². The molecule has 1 aliphatic heterocycles. The Kier molecular flexibility index (Phi) is 5.32. The van der Waals surface area contributed by atoms with Crippen LogP contribution in [0, 0.1) is 0 Å². The zero-order valence-electron chi connectivity index (χ0n) is 12.5. The Balaban J connectivity index is 2.27. The Morgan fingerprint density at radius 2 is 1.75 bits per heavy atom. The highest BCUT2D eigenvalue weighted by Crippen LogP contribution is 2.27. The monoisotopic (exact) mass is 315 g/mol. The molecule has 1 aliphatic rings. The molecule has 0 N–H and O–H groups in total. The number of nitrogens with zero attached hydrogens (tertiary/aromatic N) is 5. The zero-order chi connectivity index (χ0) is 14.7. The Morgan fingerprint density at radius 3 is 2.30 bits per heavy atom. The second-order valence-corrected chi connectivity index (χ2v) is 7.26. The van der Waals surface area contributed by atoms with E-state index >= 15 is 0 Å². The fourth-order valence-electron chi connectivity index (χ4n) is 2.46. The highest BCUT2D eigenvalue weighted by atomic mass is 35.5. The van der Waals surface area contributed by atoms with Crippen molar-refractivity contribution < 1.29 is 0 Å². The van der Waals surface area contributed by atoms with E-state index < -0.39 is 0 Å². The van der Waals surface area contributed by atoms with Crippen molar-refractivity contribution in [1.82, 2.24) is 15.0 Å². The molecule has 20 heavy (non-hydrogen) atoms. The molecule has 0 radical (unpaired) electrons. The lowest BCUT2D eigenvalue weighted by atomic mass is 10.3. The molecule has 2 unspecified atom stereocenters. The van der Waals surface area contributed by atoms with Gasteiger partial charge in [0.15, 0.2) is 0 Å². The molecule has 112 valence electrons. The number of aromatic nitrogens is 3. The summed E-state index contributed by atoms with van der Waals surface area (Å²) in [5.41, 5.74) is 0. The quantitative estimate of drug-likeness (QED) is 0.851. The summed E-state index contributed by atoms with van der Waals surface area (Å²) in [4.78, 5) is 17.5. The van der Waals surface area contributed by atoms with E-state index in [4.69, 9.17) is 11.6 Å². The van der Waals surface area contributed by atoms with Gasteiger partial charge >= 0.3 is 0 Å². The minimum absolute atomic E-state index is 0.274. The van der Waals surface area contributed by atoms with Crippen LogP contribution in [0.3, 0.4) is 0 Å². The van der Waals surface area contributed by atoms with Crippen molar-refractivity contribution in [3.05, 3.63) is 5.28 Å². The van der Waals surface area contributed by atoms with Gasteiger partial charge in [-0.05, 0) is 25.4 Å². The molecule has 2 rings (SSSR count). The van der Waals surface area contributed by atoms with Crippen LogP contribution < -0.4 is 9.80 Å². The molecular weight excluding hydrogens is 294 g/mol. The van der Waals surface area contributed by atoms with Gasteiger partial charge in [-0.15, -0.1) is 0 Å². The Morgan fingerprint density at radius 1 is 1.15 bits per heavy atom. The molecule has 1 aromatic heterocycles. The molecule has 5 nitrogen and oxygen atoms in total. The third kappa shape index (κ3) is 3.67. The van der Waals surface area contributed by atoms with Gasteiger partial charge in [0.1, 0.15) is 0 Å². The van der Waals surface area contributed by atoms with Crippen molar-refractivity contribution in [3.8, 4) is 0 Å². The third-order valence-electron chi connectivity index (χ3n) is 3.33. The first kappa shape index (κ1) is 15.6. The molecule has 0 aliphatic carbocycles. The highest BCUT2D eigenvalue weighted by molar-refractivity contribution is 8.00. The summed E-state index contributed by atoms with van der Waals surface area (Å²) in [7, 11) is 0. The van der Waals surface area contributed by atoms with Crippen LogP contribution >= 0.6 is 23.4 Å². The van der Waals surface area contributed by atoms with Crippen LogP contribution in [0.25, 0.3) is 0 Å². The standard InChI is InChI=1S/C13H22ClN5S/c1-5-18(6-2)12-15-11(14)16-13(17-12)19-7-9(3)20-10(4)8-19/h9-10H,5-8H2,1-4H3. The molecule has 1 fully saturated rings. The smallest absolute Gasteiger partial charge is 0.231 e. The topological polar surface area (TPSA) is 45.2 Å². The van der Waals surface area contributed by atoms with E-state index in [1.54, 1.807) is 0 Å². The summed E-state index contributed by atoms with van der Waals surface area (Å²) in [6, 6.07) is 0. The van der Waals surface area contributed by atoms with Gasteiger partial charge in [-0.25, -0.2) is 0 Å². The number of rotatable bonds is 4. The van der Waals surface area contributed by atoms with Crippen LogP contribution in [0.1, 0.15) is 27.7 Å². The van der Waals surface area contributed by atoms with Crippen LogP contribution in [0.4, 0.5) is 11.9 Å². The number of thioether (sulfide) groups is 1. The molecular formula is C13H22ClN5S. The normalized spacial score (nSPS) is 22.9. The summed E-state index contributed by atoms with van der Waals surface area (Å²) in [5.74, 6) is 1.37. The number of hydrogen-bond acceptors (Lipinski definition) is 6. The van der Waals surface area contributed by atoms with Gasteiger partial charge in [-0.1, -0.05) is 13.8 Å². The molecule has 2 atom stereocenters. The van der Waals surface area contributed by atoms with Gasteiger partial charge in [-0.2, -0.15) is 26.7 Å². The van der Waals surface area contributed by atoms with E-state index in [1.807, 2.05) is 11.8 Å². The Bertz CT molecular complexity index is 444. The predicted octanol–water partition coefficient (Wildman–Crippen LogP) is 2.70. The van der Waals surface area contributed by atoms with E-state index in [9.17, 15) is 0 Å². The lowest BCUT2D eigenvalue weighted by molar-refractivity contribution is 0.698. The van der Waals surface area contributed by atoms with Crippen LogP contribution in [0.5, 0.6) is 0 Å². The average molecular weight is 316 g/mol. The lowest BCUT2D eigenvalue weighted by Crippen LogP contribution is -2.41.